The van der Waals surface area contributed by atoms with E-state index in [0.29, 0.717) is 24.6 Å². The number of esters is 1. The van der Waals surface area contributed by atoms with Gasteiger partial charge in [0.15, 0.2) is 0 Å². The Labute approximate surface area is 134 Å². The van der Waals surface area contributed by atoms with Crippen molar-refractivity contribution in [3.63, 3.8) is 0 Å². The van der Waals surface area contributed by atoms with Gasteiger partial charge in [-0.05, 0) is 42.8 Å². The first-order chi connectivity index (χ1) is 11.2. The van der Waals surface area contributed by atoms with Gasteiger partial charge in [-0.3, -0.25) is 0 Å². The molecule has 2 N–H and O–H groups in total. The summed E-state index contributed by atoms with van der Waals surface area (Å²) in [5.41, 5.74) is 1.48. The largest absolute Gasteiger partial charge is 0.467 e. The molecular formula is C17H18N2O4. The molecule has 0 atom stereocenters. The van der Waals surface area contributed by atoms with Crippen LogP contribution in [0.25, 0.3) is 6.08 Å². The molecule has 0 aliphatic carbocycles. The lowest BCUT2D eigenvalue weighted by molar-refractivity contribution is -0.137. The van der Waals surface area contributed by atoms with Gasteiger partial charge in [-0.1, -0.05) is 12.1 Å². The highest BCUT2D eigenvalue weighted by molar-refractivity contribution is 5.89. The summed E-state index contributed by atoms with van der Waals surface area (Å²) in [6, 6.07) is 10.3. The molecule has 2 amide bonds. The molecule has 6 heteroatoms. The van der Waals surface area contributed by atoms with Gasteiger partial charge in [0.05, 0.1) is 19.4 Å². The van der Waals surface area contributed by atoms with Crippen molar-refractivity contribution in [1.29, 1.82) is 0 Å². The molecule has 0 unspecified atom stereocenters. The summed E-state index contributed by atoms with van der Waals surface area (Å²) < 4.78 is 9.92. The molecule has 2 aromatic rings. The van der Waals surface area contributed by atoms with Crippen molar-refractivity contribution in [1.82, 2.24) is 5.32 Å². The highest BCUT2D eigenvalue weighted by Gasteiger charge is 2.03. The number of carbonyl (C=O) groups excluding carboxylic acids is 2. The molecular weight excluding hydrogens is 296 g/mol. The fraction of sp³-hybridized carbons (Fsp3) is 0.176. The fourth-order valence-corrected chi connectivity index (χ4v) is 1.79. The Kier molecular flexibility index (Phi) is 5.99. The normalized spacial score (nSPS) is 10.5. The number of nitrogens with one attached hydrogen (secondary N) is 2. The number of furan rings is 1. The second-order valence-electron chi connectivity index (χ2n) is 4.59. The Morgan fingerprint density at radius 2 is 2.00 bits per heavy atom. The Morgan fingerprint density at radius 1 is 1.22 bits per heavy atom. The van der Waals surface area contributed by atoms with E-state index in [-0.39, 0.29) is 12.0 Å². The molecule has 1 heterocycles. The number of ether oxygens (including phenoxy) is 1. The standard InChI is InChI=1S/C17H18N2O4/c1-2-22-16(20)10-7-13-5-8-14(9-6-13)19-17(21)18-12-15-4-3-11-23-15/h3-11H,2,12H2,1H3,(H2,18,19,21)/b10-7+. The van der Waals surface area contributed by atoms with Crippen LogP contribution in [0.15, 0.2) is 53.2 Å². The predicted molar refractivity (Wildman–Crippen MR) is 86.7 cm³/mol. The molecule has 0 saturated carbocycles. The van der Waals surface area contributed by atoms with E-state index in [1.54, 1.807) is 55.7 Å². The Morgan fingerprint density at radius 3 is 2.65 bits per heavy atom. The summed E-state index contributed by atoms with van der Waals surface area (Å²) in [7, 11) is 0. The lowest BCUT2D eigenvalue weighted by Gasteiger charge is -2.06. The van der Waals surface area contributed by atoms with Crippen LogP contribution in [0.2, 0.25) is 0 Å². The third-order valence-corrected chi connectivity index (χ3v) is 2.87. The molecule has 0 bridgehead atoms. The van der Waals surface area contributed by atoms with Crippen molar-refractivity contribution in [2.24, 2.45) is 0 Å². The molecule has 1 aromatic carbocycles. The van der Waals surface area contributed by atoms with Gasteiger partial charge in [-0.15, -0.1) is 0 Å². The Hall–Kier alpha value is -3.02. The smallest absolute Gasteiger partial charge is 0.330 e. The number of anilines is 1. The van der Waals surface area contributed by atoms with Crippen LogP contribution in [0.5, 0.6) is 0 Å². The van der Waals surface area contributed by atoms with E-state index < -0.39 is 0 Å². The third-order valence-electron chi connectivity index (χ3n) is 2.87. The van der Waals surface area contributed by atoms with E-state index in [1.807, 2.05) is 0 Å². The molecule has 2 rings (SSSR count). The molecule has 120 valence electrons. The average molecular weight is 314 g/mol. The molecule has 6 nitrogen and oxygen atoms in total. The zero-order chi connectivity index (χ0) is 16.5. The summed E-state index contributed by atoms with van der Waals surface area (Å²) in [5.74, 6) is 0.298. The van der Waals surface area contributed by atoms with Gasteiger partial charge in [-0.25, -0.2) is 9.59 Å². The lowest BCUT2D eigenvalue weighted by atomic mass is 10.2. The van der Waals surface area contributed by atoms with E-state index in [2.05, 4.69) is 10.6 Å². The molecule has 1 aromatic heterocycles. The van der Waals surface area contributed by atoms with Crippen LogP contribution in [0, 0.1) is 0 Å². The quantitative estimate of drug-likeness (QED) is 0.634. The summed E-state index contributed by atoms with van der Waals surface area (Å²) >= 11 is 0. The van der Waals surface area contributed by atoms with Gasteiger partial charge in [0.2, 0.25) is 0 Å². The van der Waals surface area contributed by atoms with Crippen molar-refractivity contribution in [2.45, 2.75) is 13.5 Å². The van der Waals surface area contributed by atoms with Gasteiger partial charge in [0, 0.05) is 11.8 Å². The summed E-state index contributed by atoms with van der Waals surface area (Å²) in [5, 5.41) is 5.39. The number of hydrogen-bond donors (Lipinski definition) is 2. The SMILES string of the molecule is CCOC(=O)/C=C/c1ccc(NC(=O)NCc2ccco2)cc1. The minimum atomic E-state index is -0.382. The van der Waals surface area contributed by atoms with Crippen LogP contribution >= 0.6 is 0 Å². The topological polar surface area (TPSA) is 80.6 Å². The number of benzene rings is 1. The minimum absolute atomic E-state index is 0.319. The second-order valence-corrected chi connectivity index (χ2v) is 4.59. The number of urea groups is 1. The van der Waals surface area contributed by atoms with Crippen LogP contribution in [0.1, 0.15) is 18.2 Å². The van der Waals surface area contributed by atoms with E-state index in [0.717, 1.165) is 5.56 Å². The summed E-state index contributed by atoms with van der Waals surface area (Å²) in [6.45, 7) is 2.42. The molecule has 0 aliphatic rings. The molecule has 0 fully saturated rings. The van der Waals surface area contributed by atoms with Gasteiger partial charge in [0.1, 0.15) is 5.76 Å². The number of carbonyl (C=O) groups is 2. The van der Waals surface area contributed by atoms with E-state index in [4.69, 9.17) is 9.15 Å². The second kappa shape index (κ2) is 8.43. The summed E-state index contributed by atoms with van der Waals surface area (Å²) in [6.07, 6.45) is 4.57. The van der Waals surface area contributed by atoms with Crippen molar-refractivity contribution in [2.75, 3.05) is 11.9 Å². The summed E-state index contributed by atoms with van der Waals surface area (Å²) in [4.78, 5) is 23.0. The van der Waals surface area contributed by atoms with Gasteiger partial charge >= 0.3 is 12.0 Å². The zero-order valence-electron chi connectivity index (χ0n) is 12.7. The minimum Gasteiger partial charge on any atom is -0.467 e. The van der Waals surface area contributed by atoms with Crippen LogP contribution < -0.4 is 10.6 Å². The van der Waals surface area contributed by atoms with Crippen LogP contribution in [0.3, 0.4) is 0 Å². The highest BCUT2D eigenvalue weighted by Crippen LogP contribution is 2.11. The number of hydrogen-bond acceptors (Lipinski definition) is 4. The third kappa shape index (κ3) is 5.70. The van der Waals surface area contributed by atoms with Gasteiger partial charge in [0.25, 0.3) is 0 Å². The van der Waals surface area contributed by atoms with Crippen LogP contribution in [-0.4, -0.2) is 18.6 Å². The average Bonchev–Trinajstić information content (AvgIpc) is 3.06. The molecule has 23 heavy (non-hydrogen) atoms. The van der Waals surface area contributed by atoms with Crippen molar-refractivity contribution >= 4 is 23.8 Å². The monoisotopic (exact) mass is 314 g/mol. The van der Waals surface area contributed by atoms with Crippen molar-refractivity contribution in [3.05, 3.63) is 60.1 Å². The Bertz CT molecular complexity index is 660. The molecule has 0 aliphatic heterocycles. The maximum absolute atomic E-state index is 11.7. The maximum Gasteiger partial charge on any atom is 0.330 e. The predicted octanol–water partition coefficient (Wildman–Crippen LogP) is 3.18. The first kappa shape index (κ1) is 16.4. The van der Waals surface area contributed by atoms with E-state index in [1.165, 1.54) is 6.08 Å². The fourth-order valence-electron chi connectivity index (χ4n) is 1.79. The van der Waals surface area contributed by atoms with Crippen LogP contribution in [-0.2, 0) is 16.1 Å². The molecule has 0 radical (unpaired) electrons. The first-order valence-electron chi connectivity index (χ1n) is 7.19. The molecule has 0 saturated heterocycles. The van der Waals surface area contributed by atoms with E-state index >= 15 is 0 Å². The van der Waals surface area contributed by atoms with Gasteiger partial charge < -0.3 is 19.8 Å². The Balaban J connectivity index is 1.82. The van der Waals surface area contributed by atoms with Crippen molar-refractivity contribution < 1.29 is 18.7 Å². The molecule has 0 spiro atoms. The number of amides is 2. The van der Waals surface area contributed by atoms with Crippen LogP contribution in [0.4, 0.5) is 10.5 Å². The number of rotatable bonds is 6. The van der Waals surface area contributed by atoms with Crippen molar-refractivity contribution in [3.8, 4) is 0 Å². The van der Waals surface area contributed by atoms with E-state index in [9.17, 15) is 9.59 Å². The maximum atomic E-state index is 11.7. The lowest BCUT2D eigenvalue weighted by Crippen LogP contribution is -2.27. The highest BCUT2D eigenvalue weighted by atomic mass is 16.5. The first-order valence-corrected chi connectivity index (χ1v) is 7.19. The van der Waals surface area contributed by atoms with Gasteiger partial charge in [-0.2, -0.15) is 0 Å². The zero-order valence-corrected chi connectivity index (χ0v) is 12.7.